The van der Waals surface area contributed by atoms with Crippen molar-refractivity contribution in [1.82, 2.24) is 5.32 Å². The lowest BCUT2D eigenvalue weighted by Crippen LogP contribution is -2.24. The Morgan fingerprint density at radius 1 is 1.33 bits per heavy atom. The van der Waals surface area contributed by atoms with Crippen LogP contribution in [0.2, 0.25) is 0 Å². The number of halogens is 1. The molecule has 1 saturated heterocycles. The Bertz CT molecular complexity index is 428. The molecule has 1 N–H and O–H groups in total. The fourth-order valence-corrected chi connectivity index (χ4v) is 2.60. The van der Waals surface area contributed by atoms with E-state index < -0.39 is 0 Å². The molecule has 1 unspecified atom stereocenters. The fraction of sp³-hybridized carbons (Fsp3) is 0.571. The Balaban J connectivity index is 2.32. The molecule has 3 nitrogen and oxygen atoms in total. The topological polar surface area (TPSA) is 30.5 Å². The Kier molecular flexibility index (Phi) is 4.07. The predicted molar refractivity (Wildman–Crippen MR) is 69.0 cm³/mol. The van der Waals surface area contributed by atoms with Crippen LogP contribution in [0.5, 0.6) is 11.5 Å². The number of rotatable bonds is 4. The van der Waals surface area contributed by atoms with Gasteiger partial charge in [-0.15, -0.1) is 0 Å². The maximum absolute atomic E-state index is 13.9. The average Bonchev–Trinajstić information content (AvgIpc) is 2.85. The molecule has 0 aromatic heterocycles. The first-order valence-electron chi connectivity index (χ1n) is 6.30. The van der Waals surface area contributed by atoms with E-state index in [4.69, 9.17) is 9.47 Å². The van der Waals surface area contributed by atoms with Crippen LogP contribution < -0.4 is 14.8 Å². The molecular weight excluding hydrogens is 233 g/mol. The van der Waals surface area contributed by atoms with Crippen molar-refractivity contribution in [2.75, 3.05) is 20.8 Å². The van der Waals surface area contributed by atoms with Gasteiger partial charge in [0.05, 0.1) is 14.2 Å². The van der Waals surface area contributed by atoms with E-state index in [1.165, 1.54) is 13.5 Å². The van der Waals surface area contributed by atoms with Crippen LogP contribution >= 0.6 is 0 Å². The SMILES string of the molecule is COc1c(F)cc(CC2CCCN2)c(C)c1OC. The van der Waals surface area contributed by atoms with Crippen LogP contribution in [-0.4, -0.2) is 26.8 Å². The second-order valence-electron chi connectivity index (χ2n) is 4.71. The van der Waals surface area contributed by atoms with Gasteiger partial charge in [0.1, 0.15) is 0 Å². The van der Waals surface area contributed by atoms with Crippen LogP contribution in [0.4, 0.5) is 4.39 Å². The molecule has 0 aliphatic carbocycles. The molecule has 4 heteroatoms. The third kappa shape index (κ3) is 2.43. The molecule has 1 fully saturated rings. The molecule has 1 heterocycles. The van der Waals surface area contributed by atoms with E-state index >= 15 is 0 Å². The van der Waals surface area contributed by atoms with Gasteiger partial charge in [-0.1, -0.05) is 0 Å². The minimum Gasteiger partial charge on any atom is -0.492 e. The van der Waals surface area contributed by atoms with Crippen molar-refractivity contribution in [2.45, 2.75) is 32.2 Å². The van der Waals surface area contributed by atoms with Crippen molar-refractivity contribution < 1.29 is 13.9 Å². The van der Waals surface area contributed by atoms with E-state index in [1.807, 2.05) is 6.92 Å². The normalized spacial score (nSPS) is 19.0. The minimum atomic E-state index is -0.354. The first-order valence-corrected chi connectivity index (χ1v) is 6.30. The number of nitrogens with one attached hydrogen (secondary N) is 1. The summed E-state index contributed by atoms with van der Waals surface area (Å²) in [6, 6.07) is 2.01. The summed E-state index contributed by atoms with van der Waals surface area (Å²) in [5.41, 5.74) is 1.95. The van der Waals surface area contributed by atoms with Crippen LogP contribution in [0.25, 0.3) is 0 Å². The van der Waals surface area contributed by atoms with Crippen molar-refractivity contribution >= 4 is 0 Å². The first kappa shape index (κ1) is 13.1. The standard InChI is InChI=1S/C14H20FNO2/c1-9-10(7-11-5-4-6-16-11)8-12(15)14(18-3)13(9)17-2/h8,11,16H,4-7H2,1-3H3. The largest absolute Gasteiger partial charge is 0.492 e. The highest BCUT2D eigenvalue weighted by atomic mass is 19.1. The maximum Gasteiger partial charge on any atom is 0.197 e. The van der Waals surface area contributed by atoms with Gasteiger partial charge in [0.25, 0.3) is 0 Å². The van der Waals surface area contributed by atoms with Crippen molar-refractivity contribution in [3.63, 3.8) is 0 Å². The van der Waals surface area contributed by atoms with Crippen LogP contribution in [0.3, 0.4) is 0 Å². The summed E-state index contributed by atoms with van der Waals surface area (Å²) in [5, 5.41) is 3.42. The number of methoxy groups -OCH3 is 2. The molecule has 0 spiro atoms. The summed E-state index contributed by atoms with van der Waals surface area (Å²) in [6.45, 7) is 3.00. The van der Waals surface area contributed by atoms with Crippen molar-refractivity contribution in [1.29, 1.82) is 0 Å². The van der Waals surface area contributed by atoms with E-state index in [-0.39, 0.29) is 11.6 Å². The quantitative estimate of drug-likeness (QED) is 0.894. The van der Waals surface area contributed by atoms with E-state index in [1.54, 1.807) is 13.2 Å². The third-order valence-electron chi connectivity index (χ3n) is 3.58. The lowest BCUT2D eigenvalue weighted by atomic mass is 9.98. The number of hydrogen-bond acceptors (Lipinski definition) is 3. The molecule has 0 radical (unpaired) electrons. The molecule has 1 aromatic rings. The summed E-state index contributed by atoms with van der Waals surface area (Å²) in [6.07, 6.45) is 3.18. The van der Waals surface area contributed by atoms with Crippen LogP contribution in [0.15, 0.2) is 6.07 Å². The van der Waals surface area contributed by atoms with Gasteiger partial charge in [-0.3, -0.25) is 0 Å². The highest BCUT2D eigenvalue weighted by Gasteiger charge is 2.21. The van der Waals surface area contributed by atoms with E-state index in [9.17, 15) is 4.39 Å². The van der Waals surface area contributed by atoms with Crippen molar-refractivity contribution in [3.05, 3.63) is 23.0 Å². The summed E-state index contributed by atoms with van der Waals surface area (Å²) in [5.74, 6) is 0.344. The molecule has 1 aliphatic heterocycles. The fourth-order valence-electron chi connectivity index (χ4n) is 2.60. The number of ether oxygens (including phenoxy) is 2. The summed E-state index contributed by atoms with van der Waals surface area (Å²) >= 11 is 0. The van der Waals surface area contributed by atoms with Crippen molar-refractivity contribution in [2.24, 2.45) is 0 Å². The van der Waals surface area contributed by atoms with Gasteiger partial charge in [0.15, 0.2) is 17.3 Å². The summed E-state index contributed by atoms with van der Waals surface area (Å²) in [7, 11) is 3.00. The lowest BCUT2D eigenvalue weighted by molar-refractivity contribution is 0.334. The highest BCUT2D eigenvalue weighted by molar-refractivity contribution is 5.51. The molecular formula is C14H20FNO2. The maximum atomic E-state index is 13.9. The Hall–Kier alpha value is -1.29. The Labute approximate surface area is 107 Å². The second kappa shape index (κ2) is 5.57. The van der Waals surface area contributed by atoms with E-state index in [0.29, 0.717) is 11.8 Å². The van der Waals surface area contributed by atoms with Crippen molar-refractivity contribution in [3.8, 4) is 11.5 Å². The molecule has 0 bridgehead atoms. The van der Waals surface area contributed by atoms with Gasteiger partial charge in [-0.25, -0.2) is 4.39 Å². The monoisotopic (exact) mass is 253 g/mol. The van der Waals surface area contributed by atoms with Crippen LogP contribution in [0.1, 0.15) is 24.0 Å². The zero-order valence-electron chi connectivity index (χ0n) is 11.2. The average molecular weight is 253 g/mol. The summed E-state index contributed by atoms with van der Waals surface area (Å²) in [4.78, 5) is 0. The molecule has 18 heavy (non-hydrogen) atoms. The minimum absolute atomic E-state index is 0.193. The number of hydrogen-bond donors (Lipinski definition) is 1. The Morgan fingerprint density at radius 3 is 2.61 bits per heavy atom. The van der Waals surface area contributed by atoms with Gasteiger partial charge in [-0.2, -0.15) is 0 Å². The molecule has 0 amide bonds. The van der Waals surface area contributed by atoms with Gasteiger partial charge < -0.3 is 14.8 Å². The first-order chi connectivity index (χ1) is 8.67. The zero-order chi connectivity index (χ0) is 13.1. The molecule has 2 rings (SSSR count). The smallest absolute Gasteiger partial charge is 0.197 e. The van der Waals surface area contributed by atoms with E-state index in [0.717, 1.165) is 30.5 Å². The molecule has 1 atom stereocenters. The van der Waals surface area contributed by atoms with Crippen LogP contribution in [-0.2, 0) is 6.42 Å². The van der Waals surface area contributed by atoms with E-state index in [2.05, 4.69) is 5.32 Å². The summed E-state index contributed by atoms with van der Waals surface area (Å²) < 4.78 is 24.3. The molecule has 0 saturated carbocycles. The molecule has 100 valence electrons. The zero-order valence-corrected chi connectivity index (χ0v) is 11.2. The van der Waals surface area contributed by atoms with Gasteiger partial charge in [-0.05, 0) is 49.9 Å². The predicted octanol–water partition coefficient (Wildman–Crippen LogP) is 2.45. The molecule has 1 aromatic carbocycles. The number of benzene rings is 1. The second-order valence-corrected chi connectivity index (χ2v) is 4.71. The molecule has 1 aliphatic rings. The third-order valence-corrected chi connectivity index (χ3v) is 3.58. The van der Waals surface area contributed by atoms with Gasteiger partial charge in [0, 0.05) is 6.04 Å². The lowest BCUT2D eigenvalue weighted by Gasteiger charge is -2.17. The Morgan fingerprint density at radius 2 is 2.06 bits per heavy atom. The highest BCUT2D eigenvalue weighted by Crippen LogP contribution is 2.36. The van der Waals surface area contributed by atoms with Crippen LogP contribution in [0, 0.1) is 12.7 Å². The van der Waals surface area contributed by atoms with Gasteiger partial charge in [0.2, 0.25) is 0 Å². The van der Waals surface area contributed by atoms with Gasteiger partial charge >= 0.3 is 0 Å².